The van der Waals surface area contributed by atoms with Crippen LogP contribution < -0.4 is 10.6 Å². The van der Waals surface area contributed by atoms with Crippen LogP contribution in [0.2, 0.25) is 0 Å². The lowest BCUT2D eigenvalue weighted by Gasteiger charge is -2.36. The van der Waals surface area contributed by atoms with E-state index in [0.29, 0.717) is 11.5 Å². The summed E-state index contributed by atoms with van der Waals surface area (Å²) >= 11 is 8.41. The highest BCUT2D eigenvalue weighted by Crippen LogP contribution is 2.26. The summed E-state index contributed by atoms with van der Waals surface area (Å²) in [7, 11) is 0. The van der Waals surface area contributed by atoms with Gasteiger partial charge in [-0.25, -0.2) is 0 Å². The van der Waals surface area contributed by atoms with E-state index in [-0.39, 0.29) is 0 Å². The van der Waals surface area contributed by atoms with Gasteiger partial charge in [-0.15, -0.1) is 0 Å². The highest BCUT2D eigenvalue weighted by atomic mass is 79.9. The van der Waals surface area contributed by atoms with Crippen LogP contribution in [0.3, 0.4) is 0 Å². The monoisotopic (exact) mass is 365 g/mol. The first kappa shape index (κ1) is 14.6. The van der Waals surface area contributed by atoms with Gasteiger partial charge in [-0.1, -0.05) is 12.2 Å². The second-order valence-corrected chi connectivity index (χ2v) is 6.52. The fourth-order valence-electron chi connectivity index (χ4n) is 2.61. The fraction of sp³-hybridized carbons (Fsp3) is 0.357. The van der Waals surface area contributed by atoms with Crippen molar-refractivity contribution in [3.8, 4) is 0 Å². The Balaban J connectivity index is 1.81. The van der Waals surface area contributed by atoms with Gasteiger partial charge in [0.15, 0.2) is 0 Å². The van der Waals surface area contributed by atoms with Gasteiger partial charge >= 0.3 is 0 Å². The lowest BCUT2D eigenvalue weighted by atomic mass is 10.2. The van der Waals surface area contributed by atoms with Gasteiger partial charge in [-0.3, -0.25) is 14.9 Å². The van der Waals surface area contributed by atoms with E-state index in [1.807, 2.05) is 24.5 Å². The number of nitrogens with zero attached hydrogens (tertiary/aromatic N) is 4. The molecule has 7 heteroatoms. The number of nitrogens with two attached hydrogens (primary N) is 1. The van der Waals surface area contributed by atoms with Crippen molar-refractivity contribution < 1.29 is 0 Å². The molecule has 0 saturated carbocycles. The van der Waals surface area contributed by atoms with Crippen LogP contribution in [-0.4, -0.2) is 52.6 Å². The Morgan fingerprint density at radius 3 is 2.76 bits per heavy atom. The molecule has 2 N–H and O–H groups in total. The third-order valence-corrected chi connectivity index (χ3v) is 4.18. The molecule has 2 aromatic heterocycles. The molecule has 21 heavy (non-hydrogen) atoms. The van der Waals surface area contributed by atoms with Crippen LogP contribution in [0, 0.1) is 0 Å². The number of anilines is 1. The molecule has 1 aliphatic rings. The maximum Gasteiger partial charge on any atom is 0.112 e. The van der Waals surface area contributed by atoms with Crippen LogP contribution in [0.15, 0.2) is 29.0 Å². The van der Waals surface area contributed by atoms with Gasteiger partial charge in [0.1, 0.15) is 5.52 Å². The van der Waals surface area contributed by atoms with Crippen LogP contribution in [0.1, 0.15) is 0 Å². The molecule has 1 aliphatic heterocycles. The Labute approximate surface area is 137 Å². The number of piperazine rings is 1. The van der Waals surface area contributed by atoms with Crippen molar-refractivity contribution in [2.75, 3.05) is 37.6 Å². The number of thiocarbonyl (C=S) groups is 1. The summed E-state index contributed by atoms with van der Waals surface area (Å²) in [5.74, 6) is 0. The second-order valence-electron chi connectivity index (χ2n) is 5.08. The van der Waals surface area contributed by atoms with Crippen molar-refractivity contribution in [2.45, 2.75) is 0 Å². The first-order chi connectivity index (χ1) is 10.1. The average Bonchev–Trinajstić information content (AvgIpc) is 2.46. The minimum absolute atomic E-state index is 0.560. The maximum atomic E-state index is 5.61. The predicted octanol–water partition coefficient (Wildman–Crippen LogP) is 1.80. The van der Waals surface area contributed by atoms with Crippen molar-refractivity contribution in [2.24, 2.45) is 5.73 Å². The lowest BCUT2D eigenvalue weighted by molar-refractivity contribution is 0.292. The van der Waals surface area contributed by atoms with Crippen LogP contribution in [0.4, 0.5) is 5.69 Å². The number of aromatic nitrogens is 2. The summed E-state index contributed by atoms with van der Waals surface area (Å²) in [6.07, 6.45) is 3.66. The Hall–Kier alpha value is -1.31. The first-order valence-electron chi connectivity index (χ1n) is 6.79. The van der Waals surface area contributed by atoms with E-state index in [4.69, 9.17) is 18.0 Å². The van der Waals surface area contributed by atoms with Gasteiger partial charge in [0.05, 0.1) is 16.2 Å². The minimum atomic E-state index is 0.560. The zero-order valence-corrected chi connectivity index (χ0v) is 13.9. The summed E-state index contributed by atoms with van der Waals surface area (Å²) in [6, 6.07) is 4.03. The molecule has 0 radical (unpaired) electrons. The summed E-state index contributed by atoms with van der Waals surface area (Å²) < 4.78 is 0.945. The van der Waals surface area contributed by atoms with Crippen LogP contribution >= 0.6 is 28.1 Å². The molecular formula is C14H16BrN5S. The molecule has 0 bridgehead atoms. The van der Waals surface area contributed by atoms with E-state index in [2.05, 4.69) is 35.7 Å². The average molecular weight is 366 g/mol. The van der Waals surface area contributed by atoms with E-state index in [1.165, 1.54) is 0 Å². The Morgan fingerprint density at radius 1 is 1.29 bits per heavy atom. The molecular weight excluding hydrogens is 350 g/mol. The Morgan fingerprint density at radius 2 is 2.05 bits per heavy atom. The molecule has 0 aromatic carbocycles. The van der Waals surface area contributed by atoms with Gasteiger partial charge in [0.2, 0.25) is 0 Å². The van der Waals surface area contributed by atoms with Crippen LogP contribution in [0.25, 0.3) is 11.0 Å². The molecule has 0 aliphatic carbocycles. The minimum Gasteiger partial charge on any atom is -0.392 e. The smallest absolute Gasteiger partial charge is 0.112 e. The number of halogens is 1. The third kappa shape index (κ3) is 3.30. The lowest BCUT2D eigenvalue weighted by Crippen LogP contribution is -2.48. The van der Waals surface area contributed by atoms with E-state index in [9.17, 15) is 0 Å². The number of hydrogen-bond acceptors (Lipinski definition) is 5. The van der Waals surface area contributed by atoms with Crippen molar-refractivity contribution in [1.82, 2.24) is 14.9 Å². The molecule has 3 rings (SSSR count). The van der Waals surface area contributed by atoms with Crippen LogP contribution in [-0.2, 0) is 0 Å². The normalized spacial score (nSPS) is 16.3. The number of pyridine rings is 2. The largest absolute Gasteiger partial charge is 0.392 e. The standard InChI is InChI=1S/C14H16BrN5S/c15-10-7-11-14(18-8-10)12(1-2-17-11)20-5-3-19(4-6-20)9-13(16)21/h1-2,7-8H,3-6,9H2,(H2,16,21). The zero-order chi connectivity index (χ0) is 14.8. The summed E-state index contributed by atoms with van der Waals surface area (Å²) in [6.45, 7) is 4.50. The van der Waals surface area contributed by atoms with E-state index in [0.717, 1.165) is 47.4 Å². The quantitative estimate of drug-likeness (QED) is 0.837. The Bertz CT molecular complexity index is 669. The number of hydrogen-bond donors (Lipinski definition) is 1. The Kier molecular flexibility index (Phi) is 4.32. The highest BCUT2D eigenvalue weighted by molar-refractivity contribution is 9.10. The van der Waals surface area contributed by atoms with Gasteiger partial charge in [-0.05, 0) is 28.1 Å². The van der Waals surface area contributed by atoms with Crippen molar-refractivity contribution in [3.63, 3.8) is 0 Å². The highest BCUT2D eigenvalue weighted by Gasteiger charge is 2.19. The van der Waals surface area contributed by atoms with Gasteiger partial charge in [0, 0.05) is 49.6 Å². The second kappa shape index (κ2) is 6.21. The van der Waals surface area contributed by atoms with Crippen molar-refractivity contribution in [1.29, 1.82) is 0 Å². The third-order valence-electron chi connectivity index (χ3n) is 3.62. The van der Waals surface area contributed by atoms with Crippen molar-refractivity contribution >= 4 is 49.9 Å². The van der Waals surface area contributed by atoms with Gasteiger partial charge in [-0.2, -0.15) is 0 Å². The van der Waals surface area contributed by atoms with Gasteiger partial charge < -0.3 is 10.6 Å². The van der Waals surface area contributed by atoms with E-state index >= 15 is 0 Å². The molecule has 3 heterocycles. The van der Waals surface area contributed by atoms with Crippen LogP contribution in [0.5, 0.6) is 0 Å². The predicted molar refractivity (Wildman–Crippen MR) is 92.7 cm³/mol. The molecule has 0 atom stereocenters. The molecule has 1 saturated heterocycles. The van der Waals surface area contributed by atoms with E-state index < -0.39 is 0 Å². The topological polar surface area (TPSA) is 58.3 Å². The maximum absolute atomic E-state index is 5.61. The molecule has 0 spiro atoms. The summed E-state index contributed by atoms with van der Waals surface area (Å²) in [5.41, 5.74) is 8.61. The fourth-order valence-corrected chi connectivity index (χ4v) is 3.12. The number of fused-ring (bicyclic) bond motifs is 1. The van der Waals surface area contributed by atoms with Crippen molar-refractivity contribution in [3.05, 3.63) is 29.0 Å². The molecule has 110 valence electrons. The molecule has 0 unspecified atom stereocenters. The number of rotatable bonds is 3. The summed E-state index contributed by atoms with van der Waals surface area (Å²) in [4.78, 5) is 14.1. The first-order valence-corrected chi connectivity index (χ1v) is 7.99. The zero-order valence-electron chi connectivity index (χ0n) is 11.5. The van der Waals surface area contributed by atoms with Gasteiger partial charge in [0.25, 0.3) is 0 Å². The SMILES string of the molecule is NC(=S)CN1CCN(c2ccnc3cc(Br)cnc23)CC1. The van der Waals surface area contributed by atoms with E-state index in [1.54, 1.807) is 0 Å². The molecule has 5 nitrogen and oxygen atoms in total. The summed E-state index contributed by atoms with van der Waals surface area (Å²) in [5, 5.41) is 0. The molecule has 0 amide bonds. The molecule has 1 fully saturated rings. The molecule has 2 aromatic rings.